The van der Waals surface area contributed by atoms with Gasteiger partial charge in [-0.2, -0.15) is 0 Å². The Kier molecular flexibility index (Phi) is 3.31. The van der Waals surface area contributed by atoms with Crippen LogP contribution in [0.4, 0.5) is 0 Å². The van der Waals surface area contributed by atoms with Crippen molar-refractivity contribution in [3.63, 3.8) is 0 Å². The third-order valence-electron chi connectivity index (χ3n) is 1.46. The molecule has 1 rings (SSSR count). The minimum absolute atomic E-state index is 0.105. The summed E-state index contributed by atoms with van der Waals surface area (Å²) < 4.78 is 2.96. The third kappa shape index (κ3) is 2.36. The Hall–Kier alpha value is -0.800. The number of carbonyl (C=O) groups is 1. The number of nitrogens with one attached hydrogen (secondary N) is 1. The highest BCUT2D eigenvalue weighted by molar-refractivity contribution is 7.97. The van der Waals surface area contributed by atoms with E-state index in [1.54, 1.807) is 6.92 Å². The second-order valence-corrected chi connectivity index (χ2v) is 3.47. The van der Waals surface area contributed by atoms with Gasteiger partial charge in [0.15, 0.2) is 5.78 Å². The van der Waals surface area contributed by atoms with Crippen LogP contribution in [0.2, 0.25) is 0 Å². The first-order valence-electron chi connectivity index (χ1n) is 3.68. The number of Topliss-reactive ketones (excluding diaryl/α,β-unsaturated/α-hetero) is 1. The highest BCUT2D eigenvalue weighted by atomic mass is 32.2. The summed E-state index contributed by atoms with van der Waals surface area (Å²) in [5, 5.41) is 0. The zero-order valence-corrected chi connectivity index (χ0v) is 7.94. The molecule has 0 amide bonds. The number of hydrogen-bond donors (Lipinski definition) is 1. The minimum Gasteiger partial charge on any atom is -0.295 e. The second-order valence-electron chi connectivity index (χ2n) is 2.39. The van der Waals surface area contributed by atoms with E-state index in [2.05, 4.69) is 4.72 Å². The molecular weight excluding hydrogens is 170 g/mol. The molecule has 0 aliphatic rings. The Balaban J connectivity index is 2.88. The van der Waals surface area contributed by atoms with Crippen LogP contribution in [0.15, 0.2) is 29.2 Å². The molecule has 1 aromatic carbocycles. The quantitative estimate of drug-likeness (QED) is 0.572. The van der Waals surface area contributed by atoms with E-state index in [1.807, 2.05) is 31.3 Å². The summed E-state index contributed by atoms with van der Waals surface area (Å²) in [5.74, 6) is 0.105. The van der Waals surface area contributed by atoms with E-state index in [0.29, 0.717) is 0 Å². The molecule has 64 valence electrons. The fourth-order valence-corrected chi connectivity index (χ4v) is 1.46. The van der Waals surface area contributed by atoms with E-state index in [1.165, 1.54) is 11.9 Å². The van der Waals surface area contributed by atoms with Crippen LogP contribution in [0.1, 0.15) is 17.3 Å². The van der Waals surface area contributed by atoms with Crippen molar-refractivity contribution in [2.24, 2.45) is 0 Å². The van der Waals surface area contributed by atoms with Crippen molar-refractivity contribution < 1.29 is 4.79 Å². The van der Waals surface area contributed by atoms with Gasteiger partial charge in [-0.05, 0) is 38.1 Å². The molecule has 0 saturated heterocycles. The Morgan fingerprint density at radius 3 is 2.83 bits per heavy atom. The predicted molar refractivity (Wildman–Crippen MR) is 51.4 cm³/mol. The molecule has 0 fully saturated rings. The van der Waals surface area contributed by atoms with Gasteiger partial charge in [0.25, 0.3) is 0 Å². The molecule has 12 heavy (non-hydrogen) atoms. The summed E-state index contributed by atoms with van der Waals surface area (Å²) >= 11 is 1.50. The topological polar surface area (TPSA) is 29.1 Å². The average molecular weight is 181 g/mol. The highest BCUT2D eigenvalue weighted by Crippen LogP contribution is 2.15. The van der Waals surface area contributed by atoms with Crippen molar-refractivity contribution in [3.8, 4) is 0 Å². The van der Waals surface area contributed by atoms with Gasteiger partial charge in [0.1, 0.15) is 0 Å². The summed E-state index contributed by atoms with van der Waals surface area (Å²) in [6.07, 6.45) is 0. The Bertz CT molecular complexity index is 286. The van der Waals surface area contributed by atoms with Crippen molar-refractivity contribution in [2.45, 2.75) is 11.8 Å². The molecule has 0 aromatic heterocycles. The van der Waals surface area contributed by atoms with Crippen molar-refractivity contribution in [1.29, 1.82) is 0 Å². The fourth-order valence-electron chi connectivity index (χ4n) is 0.896. The summed E-state index contributed by atoms with van der Waals surface area (Å²) in [7, 11) is 1.85. The number of carbonyl (C=O) groups excluding carboxylic acids is 1. The maximum atomic E-state index is 11.0. The van der Waals surface area contributed by atoms with Gasteiger partial charge in [0.2, 0.25) is 0 Å². The van der Waals surface area contributed by atoms with Crippen molar-refractivity contribution in [2.75, 3.05) is 7.05 Å². The SMILES string of the molecule is CNSc1cccc(C(C)=O)c1. The molecule has 0 heterocycles. The third-order valence-corrected chi connectivity index (χ3v) is 2.15. The summed E-state index contributed by atoms with van der Waals surface area (Å²) in [4.78, 5) is 12.0. The lowest BCUT2D eigenvalue weighted by Gasteiger charge is -2.00. The first-order chi connectivity index (χ1) is 5.74. The Morgan fingerprint density at radius 2 is 2.25 bits per heavy atom. The number of benzene rings is 1. The van der Waals surface area contributed by atoms with E-state index in [9.17, 15) is 4.79 Å². The van der Waals surface area contributed by atoms with Crippen molar-refractivity contribution in [1.82, 2.24) is 4.72 Å². The van der Waals surface area contributed by atoms with Crippen LogP contribution in [0.5, 0.6) is 0 Å². The van der Waals surface area contributed by atoms with Gasteiger partial charge in [0.05, 0.1) is 0 Å². The lowest BCUT2D eigenvalue weighted by Crippen LogP contribution is -1.94. The largest absolute Gasteiger partial charge is 0.295 e. The molecule has 0 unspecified atom stereocenters. The van der Waals surface area contributed by atoms with Crippen LogP contribution in [0, 0.1) is 0 Å². The second kappa shape index (κ2) is 4.28. The van der Waals surface area contributed by atoms with Gasteiger partial charge >= 0.3 is 0 Å². The standard InChI is InChI=1S/C9H11NOS/c1-7(11)8-4-3-5-9(6-8)12-10-2/h3-6,10H,1-2H3. The zero-order chi connectivity index (χ0) is 8.97. The van der Waals surface area contributed by atoms with Gasteiger partial charge < -0.3 is 0 Å². The molecule has 0 spiro atoms. The fraction of sp³-hybridized carbons (Fsp3) is 0.222. The first kappa shape index (κ1) is 9.29. The molecular formula is C9H11NOS. The molecule has 2 nitrogen and oxygen atoms in total. The number of rotatable bonds is 3. The van der Waals surface area contributed by atoms with E-state index in [4.69, 9.17) is 0 Å². The van der Waals surface area contributed by atoms with Gasteiger partial charge in [0, 0.05) is 10.5 Å². The summed E-state index contributed by atoms with van der Waals surface area (Å²) in [5.41, 5.74) is 0.759. The van der Waals surface area contributed by atoms with Crippen LogP contribution in [-0.4, -0.2) is 12.8 Å². The molecule has 0 aliphatic carbocycles. The maximum Gasteiger partial charge on any atom is 0.159 e. The maximum absolute atomic E-state index is 11.0. The molecule has 0 saturated carbocycles. The number of hydrogen-bond acceptors (Lipinski definition) is 3. The molecule has 0 aliphatic heterocycles. The van der Waals surface area contributed by atoms with E-state index in [-0.39, 0.29) is 5.78 Å². The monoisotopic (exact) mass is 181 g/mol. The summed E-state index contributed by atoms with van der Waals surface area (Å²) in [6.45, 7) is 1.57. The van der Waals surface area contributed by atoms with Crippen LogP contribution < -0.4 is 4.72 Å². The molecule has 0 bridgehead atoms. The lowest BCUT2D eigenvalue weighted by atomic mass is 10.2. The van der Waals surface area contributed by atoms with Gasteiger partial charge in [-0.3, -0.25) is 9.52 Å². The van der Waals surface area contributed by atoms with Crippen molar-refractivity contribution >= 4 is 17.7 Å². The zero-order valence-electron chi connectivity index (χ0n) is 7.13. The first-order valence-corrected chi connectivity index (χ1v) is 4.50. The minimum atomic E-state index is 0.105. The van der Waals surface area contributed by atoms with E-state index in [0.717, 1.165) is 10.5 Å². The smallest absolute Gasteiger partial charge is 0.159 e. The molecule has 1 aromatic rings. The Morgan fingerprint density at radius 1 is 1.50 bits per heavy atom. The Labute approximate surface area is 76.5 Å². The molecule has 3 heteroatoms. The average Bonchev–Trinajstić information content (AvgIpc) is 2.05. The molecule has 0 radical (unpaired) electrons. The summed E-state index contributed by atoms with van der Waals surface area (Å²) in [6, 6.07) is 7.55. The highest BCUT2D eigenvalue weighted by Gasteiger charge is 1.99. The van der Waals surface area contributed by atoms with Gasteiger partial charge in [-0.25, -0.2) is 0 Å². The van der Waals surface area contributed by atoms with E-state index < -0.39 is 0 Å². The van der Waals surface area contributed by atoms with Crippen LogP contribution >= 0.6 is 11.9 Å². The molecule has 0 atom stereocenters. The molecule has 1 N–H and O–H groups in total. The van der Waals surface area contributed by atoms with Crippen LogP contribution in [0.3, 0.4) is 0 Å². The van der Waals surface area contributed by atoms with Crippen LogP contribution in [-0.2, 0) is 0 Å². The van der Waals surface area contributed by atoms with E-state index >= 15 is 0 Å². The van der Waals surface area contributed by atoms with Crippen LogP contribution in [0.25, 0.3) is 0 Å². The van der Waals surface area contributed by atoms with Gasteiger partial charge in [-0.15, -0.1) is 0 Å². The normalized spacial score (nSPS) is 9.83. The number of ketones is 1. The predicted octanol–water partition coefficient (Wildman–Crippen LogP) is 2.12. The van der Waals surface area contributed by atoms with Crippen molar-refractivity contribution in [3.05, 3.63) is 29.8 Å². The lowest BCUT2D eigenvalue weighted by molar-refractivity contribution is 0.101. The van der Waals surface area contributed by atoms with Gasteiger partial charge in [-0.1, -0.05) is 12.1 Å².